The fraction of sp³-hybridized carbons (Fsp3) is 0.286. The van der Waals surface area contributed by atoms with Crippen molar-refractivity contribution in [2.45, 2.75) is 19.6 Å². The van der Waals surface area contributed by atoms with E-state index in [0.717, 1.165) is 23.5 Å². The molecule has 0 radical (unpaired) electrons. The molecule has 0 saturated heterocycles. The van der Waals surface area contributed by atoms with Crippen LogP contribution >= 0.6 is 0 Å². The first-order valence-corrected chi connectivity index (χ1v) is 6.17. The monoisotopic (exact) mass is 279 g/mol. The standard InChI is InChI=1S/C14H15F2N3O/c1-9-5-19-11(7-18-9)6-17-8-14(20)12-3-2-10(15)4-13(12)16/h2-5,7,14,17,20H,6,8H2,1H3. The van der Waals surface area contributed by atoms with Gasteiger partial charge < -0.3 is 10.4 Å². The van der Waals surface area contributed by atoms with E-state index in [-0.39, 0.29) is 12.1 Å². The lowest BCUT2D eigenvalue weighted by molar-refractivity contribution is 0.169. The molecule has 0 aliphatic heterocycles. The number of hydrogen-bond donors (Lipinski definition) is 2. The Labute approximate surface area is 115 Å². The lowest BCUT2D eigenvalue weighted by atomic mass is 10.1. The molecule has 0 aliphatic rings. The van der Waals surface area contributed by atoms with E-state index in [1.165, 1.54) is 6.07 Å². The number of nitrogens with one attached hydrogen (secondary N) is 1. The Hall–Kier alpha value is -1.92. The highest BCUT2D eigenvalue weighted by Gasteiger charge is 2.13. The molecule has 1 heterocycles. The van der Waals surface area contributed by atoms with Crippen LogP contribution in [0.3, 0.4) is 0 Å². The number of aromatic nitrogens is 2. The minimum Gasteiger partial charge on any atom is -0.387 e. The second-order valence-electron chi connectivity index (χ2n) is 4.46. The molecular weight excluding hydrogens is 264 g/mol. The van der Waals surface area contributed by atoms with E-state index in [4.69, 9.17) is 0 Å². The van der Waals surface area contributed by atoms with Crippen LogP contribution in [-0.2, 0) is 6.54 Å². The van der Waals surface area contributed by atoms with E-state index in [9.17, 15) is 13.9 Å². The molecule has 2 aromatic rings. The Bertz CT molecular complexity index is 575. The molecule has 2 rings (SSSR count). The van der Waals surface area contributed by atoms with Crippen molar-refractivity contribution in [1.29, 1.82) is 0 Å². The minimum absolute atomic E-state index is 0.0638. The van der Waals surface area contributed by atoms with Gasteiger partial charge in [-0.3, -0.25) is 9.97 Å². The third-order valence-corrected chi connectivity index (χ3v) is 2.80. The van der Waals surface area contributed by atoms with Gasteiger partial charge in [-0.15, -0.1) is 0 Å². The normalized spacial score (nSPS) is 12.4. The van der Waals surface area contributed by atoms with Gasteiger partial charge in [0.15, 0.2) is 0 Å². The number of aliphatic hydroxyl groups is 1. The van der Waals surface area contributed by atoms with E-state index in [0.29, 0.717) is 6.54 Å². The van der Waals surface area contributed by atoms with Crippen molar-refractivity contribution in [3.05, 3.63) is 59.2 Å². The molecule has 0 fully saturated rings. The van der Waals surface area contributed by atoms with Crippen LogP contribution in [0.25, 0.3) is 0 Å². The van der Waals surface area contributed by atoms with Crippen LogP contribution in [0.2, 0.25) is 0 Å². The summed E-state index contributed by atoms with van der Waals surface area (Å²) in [7, 11) is 0. The van der Waals surface area contributed by atoms with Crippen molar-refractivity contribution >= 4 is 0 Å². The van der Waals surface area contributed by atoms with Gasteiger partial charge >= 0.3 is 0 Å². The molecule has 2 N–H and O–H groups in total. The lowest BCUT2D eigenvalue weighted by Gasteiger charge is -2.13. The van der Waals surface area contributed by atoms with Crippen LogP contribution in [0.1, 0.15) is 23.1 Å². The number of benzene rings is 1. The molecule has 0 saturated carbocycles. The average molecular weight is 279 g/mol. The summed E-state index contributed by atoms with van der Waals surface area (Å²) in [5.74, 6) is -1.42. The van der Waals surface area contributed by atoms with Crippen molar-refractivity contribution in [3.8, 4) is 0 Å². The Morgan fingerprint density at radius 1 is 1.25 bits per heavy atom. The zero-order valence-corrected chi connectivity index (χ0v) is 11.0. The van der Waals surface area contributed by atoms with Crippen LogP contribution in [0.5, 0.6) is 0 Å². The third-order valence-electron chi connectivity index (χ3n) is 2.80. The molecule has 1 aromatic carbocycles. The van der Waals surface area contributed by atoms with Crippen molar-refractivity contribution in [2.24, 2.45) is 0 Å². The fourth-order valence-corrected chi connectivity index (χ4v) is 1.73. The van der Waals surface area contributed by atoms with Crippen LogP contribution in [0.15, 0.2) is 30.6 Å². The Morgan fingerprint density at radius 2 is 2.05 bits per heavy atom. The number of nitrogens with zero attached hydrogens (tertiary/aromatic N) is 2. The van der Waals surface area contributed by atoms with Gasteiger partial charge in [0.25, 0.3) is 0 Å². The summed E-state index contributed by atoms with van der Waals surface area (Å²) in [6.45, 7) is 2.39. The Kier molecular flexibility index (Phi) is 4.70. The second-order valence-corrected chi connectivity index (χ2v) is 4.46. The van der Waals surface area contributed by atoms with Crippen LogP contribution in [0, 0.1) is 18.6 Å². The molecular formula is C14H15F2N3O. The van der Waals surface area contributed by atoms with Crippen LogP contribution < -0.4 is 5.32 Å². The number of halogens is 2. The van der Waals surface area contributed by atoms with Crippen LogP contribution in [0.4, 0.5) is 8.78 Å². The predicted molar refractivity (Wildman–Crippen MR) is 69.8 cm³/mol. The fourth-order valence-electron chi connectivity index (χ4n) is 1.73. The minimum atomic E-state index is -1.05. The molecule has 0 amide bonds. The van der Waals surface area contributed by atoms with Gasteiger partial charge in [0.1, 0.15) is 11.6 Å². The molecule has 1 unspecified atom stereocenters. The molecule has 4 nitrogen and oxygen atoms in total. The summed E-state index contributed by atoms with van der Waals surface area (Å²) < 4.78 is 26.2. The Morgan fingerprint density at radius 3 is 2.70 bits per heavy atom. The quantitative estimate of drug-likeness (QED) is 0.877. The maximum atomic E-state index is 13.4. The van der Waals surface area contributed by atoms with Gasteiger partial charge in [0.05, 0.1) is 17.5 Å². The van der Waals surface area contributed by atoms with Crippen LogP contribution in [-0.4, -0.2) is 21.6 Å². The van der Waals surface area contributed by atoms with Gasteiger partial charge in [-0.25, -0.2) is 8.78 Å². The Balaban J connectivity index is 1.88. The zero-order chi connectivity index (χ0) is 14.5. The maximum absolute atomic E-state index is 13.4. The summed E-state index contributed by atoms with van der Waals surface area (Å²) in [5, 5.41) is 12.8. The average Bonchev–Trinajstić information content (AvgIpc) is 2.41. The second kappa shape index (κ2) is 6.49. The number of aryl methyl sites for hydroxylation is 1. The smallest absolute Gasteiger partial charge is 0.131 e. The SMILES string of the molecule is Cc1cnc(CNCC(O)c2ccc(F)cc2F)cn1. The predicted octanol–water partition coefficient (Wildman–Crippen LogP) is 1.89. The maximum Gasteiger partial charge on any atom is 0.131 e. The van der Waals surface area contributed by atoms with Gasteiger partial charge in [-0.05, 0) is 13.0 Å². The van der Waals surface area contributed by atoms with E-state index in [1.807, 2.05) is 6.92 Å². The van der Waals surface area contributed by atoms with Crippen molar-refractivity contribution in [2.75, 3.05) is 6.54 Å². The topological polar surface area (TPSA) is 58.0 Å². The van der Waals surface area contributed by atoms with E-state index in [2.05, 4.69) is 15.3 Å². The zero-order valence-electron chi connectivity index (χ0n) is 11.0. The van der Waals surface area contributed by atoms with E-state index < -0.39 is 17.7 Å². The molecule has 1 atom stereocenters. The summed E-state index contributed by atoms with van der Waals surface area (Å²) in [5.41, 5.74) is 1.61. The highest BCUT2D eigenvalue weighted by atomic mass is 19.1. The van der Waals surface area contributed by atoms with Gasteiger partial charge in [-0.1, -0.05) is 6.07 Å². The first kappa shape index (κ1) is 14.5. The molecule has 0 spiro atoms. The number of hydrogen-bond acceptors (Lipinski definition) is 4. The van der Waals surface area contributed by atoms with Gasteiger partial charge in [-0.2, -0.15) is 0 Å². The van der Waals surface area contributed by atoms with Crippen molar-refractivity contribution < 1.29 is 13.9 Å². The van der Waals surface area contributed by atoms with E-state index in [1.54, 1.807) is 12.4 Å². The first-order valence-electron chi connectivity index (χ1n) is 6.17. The molecule has 0 aliphatic carbocycles. The third kappa shape index (κ3) is 3.79. The summed E-state index contributed by atoms with van der Waals surface area (Å²) in [6, 6.07) is 3.11. The molecule has 106 valence electrons. The largest absolute Gasteiger partial charge is 0.387 e. The summed E-state index contributed by atoms with van der Waals surface area (Å²) in [6.07, 6.45) is 2.23. The molecule has 20 heavy (non-hydrogen) atoms. The number of aliphatic hydroxyl groups excluding tert-OH is 1. The lowest BCUT2D eigenvalue weighted by Crippen LogP contribution is -2.22. The van der Waals surface area contributed by atoms with Gasteiger partial charge in [0, 0.05) is 37.1 Å². The van der Waals surface area contributed by atoms with Gasteiger partial charge in [0.2, 0.25) is 0 Å². The highest BCUT2D eigenvalue weighted by Crippen LogP contribution is 2.17. The molecule has 1 aromatic heterocycles. The molecule has 0 bridgehead atoms. The highest BCUT2D eigenvalue weighted by molar-refractivity contribution is 5.21. The van der Waals surface area contributed by atoms with Crippen molar-refractivity contribution in [3.63, 3.8) is 0 Å². The summed E-state index contributed by atoms with van der Waals surface area (Å²) >= 11 is 0. The molecule has 6 heteroatoms. The van der Waals surface area contributed by atoms with Crippen molar-refractivity contribution in [1.82, 2.24) is 15.3 Å². The van der Waals surface area contributed by atoms with E-state index >= 15 is 0 Å². The number of rotatable bonds is 5. The summed E-state index contributed by atoms with van der Waals surface area (Å²) in [4.78, 5) is 8.24. The first-order chi connectivity index (χ1) is 9.56.